The fraction of sp³-hybridized carbons (Fsp3) is 0.294. The number of nitrogens with zero attached hydrogens (tertiary/aromatic N) is 2. The molecule has 26 heavy (non-hydrogen) atoms. The van der Waals surface area contributed by atoms with Gasteiger partial charge in [-0.25, -0.2) is 8.42 Å². The molecule has 1 saturated heterocycles. The van der Waals surface area contributed by atoms with E-state index in [0.29, 0.717) is 18.8 Å². The Balaban J connectivity index is 2.06. The van der Waals surface area contributed by atoms with E-state index in [1.165, 1.54) is 28.6 Å². The number of methoxy groups -OCH3 is 1. The number of para-hydroxylation sites is 1. The van der Waals surface area contributed by atoms with Gasteiger partial charge in [0.05, 0.1) is 18.1 Å². The number of piperazine rings is 1. The summed E-state index contributed by atoms with van der Waals surface area (Å²) in [5.74, 6) is 0.621. The molecule has 2 aromatic rings. The van der Waals surface area contributed by atoms with Crippen molar-refractivity contribution >= 4 is 15.7 Å². The van der Waals surface area contributed by atoms with Gasteiger partial charge in [0, 0.05) is 25.7 Å². The van der Waals surface area contributed by atoms with Crippen molar-refractivity contribution in [3.63, 3.8) is 0 Å². The lowest BCUT2D eigenvalue weighted by Crippen LogP contribution is -2.48. The topological polar surface area (TPSA) is 102 Å². The maximum absolute atomic E-state index is 13.2. The highest BCUT2D eigenvalue weighted by molar-refractivity contribution is 7.89. The summed E-state index contributed by atoms with van der Waals surface area (Å²) in [6.45, 7) is 1.10. The van der Waals surface area contributed by atoms with Gasteiger partial charge in [0.2, 0.25) is 0 Å². The molecule has 8 nitrogen and oxygen atoms in total. The van der Waals surface area contributed by atoms with Crippen LogP contribution in [0.2, 0.25) is 0 Å². The summed E-state index contributed by atoms with van der Waals surface area (Å²) >= 11 is 0. The number of sulfonamides is 1. The zero-order chi connectivity index (χ0) is 18.7. The molecule has 1 aliphatic heterocycles. The van der Waals surface area contributed by atoms with Crippen LogP contribution in [0, 0.1) is 10.1 Å². The summed E-state index contributed by atoms with van der Waals surface area (Å²) in [6.07, 6.45) is 0. The van der Waals surface area contributed by atoms with E-state index in [0.717, 1.165) is 5.56 Å². The summed E-state index contributed by atoms with van der Waals surface area (Å²) in [7, 11) is -2.50. The molecule has 1 atom stereocenters. The highest BCUT2D eigenvalue weighted by atomic mass is 32.2. The lowest BCUT2D eigenvalue weighted by atomic mass is 10.1. The predicted molar refractivity (Wildman–Crippen MR) is 95.6 cm³/mol. The minimum atomic E-state index is -4.04. The molecule has 2 aromatic carbocycles. The third kappa shape index (κ3) is 3.41. The first-order valence-corrected chi connectivity index (χ1v) is 9.49. The molecule has 138 valence electrons. The Kier molecular flexibility index (Phi) is 5.21. The second-order valence-corrected chi connectivity index (χ2v) is 7.70. The largest absolute Gasteiger partial charge is 0.497 e. The van der Waals surface area contributed by atoms with E-state index in [1.54, 1.807) is 25.3 Å². The molecule has 0 amide bonds. The van der Waals surface area contributed by atoms with Gasteiger partial charge in [0.1, 0.15) is 5.75 Å². The quantitative estimate of drug-likeness (QED) is 0.631. The summed E-state index contributed by atoms with van der Waals surface area (Å²) in [6, 6.07) is 12.1. The zero-order valence-corrected chi connectivity index (χ0v) is 15.0. The Bertz CT molecular complexity index is 916. The Morgan fingerprint density at radius 1 is 1.23 bits per heavy atom. The molecule has 0 aromatic heterocycles. The fourth-order valence-corrected chi connectivity index (χ4v) is 4.83. The molecule has 9 heteroatoms. The van der Waals surface area contributed by atoms with Gasteiger partial charge in [-0.1, -0.05) is 24.3 Å². The van der Waals surface area contributed by atoms with Crippen LogP contribution in [0.5, 0.6) is 5.75 Å². The monoisotopic (exact) mass is 377 g/mol. The van der Waals surface area contributed by atoms with Crippen molar-refractivity contribution in [1.82, 2.24) is 9.62 Å². The molecule has 0 radical (unpaired) electrons. The third-order valence-corrected chi connectivity index (χ3v) is 6.28. The van der Waals surface area contributed by atoms with Gasteiger partial charge in [-0.3, -0.25) is 10.1 Å². The third-order valence-electron chi connectivity index (χ3n) is 4.32. The second-order valence-electron chi connectivity index (χ2n) is 5.84. The van der Waals surface area contributed by atoms with Crippen molar-refractivity contribution < 1.29 is 18.1 Å². The molecule has 1 fully saturated rings. The molecule has 1 unspecified atom stereocenters. The van der Waals surface area contributed by atoms with Crippen LogP contribution >= 0.6 is 0 Å². The van der Waals surface area contributed by atoms with Gasteiger partial charge in [0.25, 0.3) is 15.7 Å². The van der Waals surface area contributed by atoms with E-state index in [2.05, 4.69) is 5.32 Å². The van der Waals surface area contributed by atoms with Crippen molar-refractivity contribution in [2.45, 2.75) is 10.9 Å². The van der Waals surface area contributed by atoms with Crippen LogP contribution in [0.1, 0.15) is 11.6 Å². The Labute approximate surface area is 151 Å². The van der Waals surface area contributed by atoms with Crippen molar-refractivity contribution in [3.8, 4) is 5.75 Å². The van der Waals surface area contributed by atoms with Crippen LogP contribution < -0.4 is 10.1 Å². The van der Waals surface area contributed by atoms with Crippen molar-refractivity contribution in [2.75, 3.05) is 26.7 Å². The highest BCUT2D eigenvalue weighted by Gasteiger charge is 2.38. The van der Waals surface area contributed by atoms with Crippen molar-refractivity contribution in [3.05, 3.63) is 64.2 Å². The molecule has 1 aliphatic rings. The average Bonchev–Trinajstić information content (AvgIpc) is 2.68. The predicted octanol–water partition coefficient (Wildman–Crippen LogP) is 1.94. The number of hydrogen-bond acceptors (Lipinski definition) is 6. The second kappa shape index (κ2) is 7.40. The number of nitro groups is 1. The van der Waals surface area contributed by atoms with Crippen LogP contribution in [-0.4, -0.2) is 44.4 Å². The van der Waals surface area contributed by atoms with Gasteiger partial charge in [0.15, 0.2) is 4.90 Å². The number of hydrogen-bond donors (Lipinski definition) is 1. The first-order valence-electron chi connectivity index (χ1n) is 8.05. The van der Waals surface area contributed by atoms with Gasteiger partial charge >= 0.3 is 0 Å². The zero-order valence-electron chi connectivity index (χ0n) is 14.2. The molecule has 1 N–H and O–H groups in total. The smallest absolute Gasteiger partial charge is 0.289 e. The molecular weight excluding hydrogens is 358 g/mol. The van der Waals surface area contributed by atoms with Crippen LogP contribution in [0.25, 0.3) is 0 Å². The number of benzene rings is 2. The minimum Gasteiger partial charge on any atom is -0.497 e. The van der Waals surface area contributed by atoms with E-state index in [-0.39, 0.29) is 11.4 Å². The Morgan fingerprint density at radius 2 is 2.00 bits per heavy atom. The SMILES string of the molecule is COc1cccc(C2CNCCN2S(=O)(=O)c2ccccc2[N+](=O)[O-])c1. The van der Waals surface area contributed by atoms with Crippen LogP contribution in [0.15, 0.2) is 53.4 Å². The van der Waals surface area contributed by atoms with E-state index in [4.69, 9.17) is 4.74 Å². The molecule has 0 bridgehead atoms. The first-order chi connectivity index (χ1) is 12.4. The lowest BCUT2D eigenvalue weighted by molar-refractivity contribution is -0.387. The van der Waals surface area contributed by atoms with Crippen molar-refractivity contribution in [1.29, 1.82) is 0 Å². The lowest BCUT2D eigenvalue weighted by Gasteiger charge is -2.35. The number of nitrogens with one attached hydrogen (secondary N) is 1. The van der Waals surface area contributed by atoms with Crippen LogP contribution in [0.4, 0.5) is 5.69 Å². The minimum absolute atomic E-state index is 0.219. The average molecular weight is 377 g/mol. The van der Waals surface area contributed by atoms with Crippen molar-refractivity contribution in [2.24, 2.45) is 0 Å². The highest BCUT2D eigenvalue weighted by Crippen LogP contribution is 2.33. The summed E-state index contributed by atoms with van der Waals surface area (Å²) < 4.78 is 33.0. The maximum Gasteiger partial charge on any atom is 0.289 e. The molecular formula is C17H19N3O5S. The Hall–Kier alpha value is -2.49. The Morgan fingerprint density at radius 3 is 2.73 bits per heavy atom. The number of ether oxygens (including phenoxy) is 1. The fourth-order valence-electron chi connectivity index (χ4n) is 3.06. The maximum atomic E-state index is 13.2. The van der Waals surface area contributed by atoms with Gasteiger partial charge in [-0.15, -0.1) is 0 Å². The number of nitro benzene ring substituents is 1. The van der Waals surface area contributed by atoms with E-state index in [1.807, 2.05) is 6.07 Å². The number of rotatable bonds is 5. The van der Waals surface area contributed by atoms with E-state index in [9.17, 15) is 18.5 Å². The van der Waals surface area contributed by atoms with Gasteiger partial charge in [-0.05, 0) is 23.8 Å². The summed E-state index contributed by atoms with van der Waals surface area (Å²) in [5.41, 5.74) is 0.342. The van der Waals surface area contributed by atoms with Crippen LogP contribution in [-0.2, 0) is 10.0 Å². The molecule has 0 spiro atoms. The van der Waals surface area contributed by atoms with Crippen LogP contribution in [0.3, 0.4) is 0 Å². The summed E-state index contributed by atoms with van der Waals surface area (Å²) in [4.78, 5) is 10.3. The van der Waals surface area contributed by atoms with E-state index < -0.39 is 26.7 Å². The van der Waals surface area contributed by atoms with Gasteiger partial charge < -0.3 is 10.1 Å². The molecule has 0 aliphatic carbocycles. The van der Waals surface area contributed by atoms with Gasteiger partial charge in [-0.2, -0.15) is 4.31 Å². The normalized spacial score (nSPS) is 18.4. The summed E-state index contributed by atoms with van der Waals surface area (Å²) in [5, 5.41) is 14.5. The molecule has 3 rings (SSSR count). The first kappa shape index (κ1) is 18.3. The molecule has 0 saturated carbocycles. The standard InChI is InChI=1S/C17H19N3O5S/c1-25-14-6-4-5-13(11-14)16-12-18-9-10-19(16)26(23,24)17-8-3-2-7-15(17)20(21)22/h2-8,11,16,18H,9-10,12H2,1H3. The van der Waals surface area contributed by atoms with E-state index >= 15 is 0 Å². The molecule has 1 heterocycles.